The third-order valence-corrected chi connectivity index (χ3v) is 2.07. The summed E-state index contributed by atoms with van der Waals surface area (Å²) in [6.07, 6.45) is -5.45. The molecule has 0 aliphatic rings. The molecule has 0 saturated heterocycles. The molecule has 1 aromatic heterocycles. The molecule has 0 aliphatic carbocycles. The van der Waals surface area contributed by atoms with Crippen LogP contribution in [0.25, 0.3) is 0 Å². The summed E-state index contributed by atoms with van der Waals surface area (Å²) in [5, 5.41) is 18.5. The number of pyridine rings is 1. The molecule has 0 saturated carbocycles. The molecule has 6 nitrogen and oxygen atoms in total. The number of rotatable bonds is 3. The van der Waals surface area contributed by atoms with Gasteiger partial charge in [0.25, 0.3) is 0 Å². The van der Waals surface area contributed by atoms with Crippen LogP contribution in [0.4, 0.5) is 19.0 Å². The van der Waals surface area contributed by atoms with E-state index in [0.717, 1.165) is 6.07 Å². The largest absolute Gasteiger partial charge is 0.575 e. The normalized spacial score (nSPS) is 10.8. The fraction of sp³-hybridized carbons (Fsp3) is 0.250. The van der Waals surface area contributed by atoms with Crippen LogP contribution in [0.15, 0.2) is 6.07 Å². The van der Waals surface area contributed by atoms with Crippen molar-refractivity contribution in [3.63, 3.8) is 0 Å². The maximum Gasteiger partial charge on any atom is 0.575 e. The van der Waals surface area contributed by atoms with Crippen molar-refractivity contribution < 1.29 is 22.8 Å². The zero-order valence-electron chi connectivity index (χ0n) is 8.36. The van der Waals surface area contributed by atoms with E-state index in [1.807, 2.05) is 0 Å². The predicted molar refractivity (Wildman–Crippen MR) is 51.9 cm³/mol. The molecule has 0 amide bonds. The van der Waals surface area contributed by atoms with E-state index in [1.165, 1.54) is 0 Å². The van der Waals surface area contributed by atoms with Gasteiger partial charge in [0.1, 0.15) is 5.02 Å². The summed E-state index contributed by atoms with van der Waals surface area (Å²) < 4.78 is 39.3. The summed E-state index contributed by atoms with van der Waals surface area (Å²) in [6.45, 7) is 0. The third kappa shape index (κ3) is 3.46. The fourth-order valence-electron chi connectivity index (χ4n) is 1.05. The van der Waals surface area contributed by atoms with Crippen molar-refractivity contribution in [1.29, 1.82) is 5.26 Å². The maximum atomic E-state index is 12.0. The van der Waals surface area contributed by atoms with E-state index in [-0.39, 0.29) is 5.56 Å². The van der Waals surface area contributed by atoms with Gasteiger partial charge in [-0.3, -0.25) is 0 Å². The molecule has 96 valence electrons. The van der Waals surface area contributed by atoms with Crippen molar-refractivity contribution in [1.82, 2.24) is 4.98 Å². The number of aromatic nitrogens is 1. The Morgan fingerprint density at radius 2 is 2.22 bits per heavy atom. The van der Waals surface area contributed by atoms with Gasteiger partial charge in [-0.15, -0.1) is 13.2 Å². The van der Waals surface area contributed by atoms with Crippen molar-refractivity contribution in [3.8, 4) is 11.9 Å². The second-order valence-electron chi connectivity index (χ2n) is 2.90. The van der Waals surface area contributed by atoms with Gasteiger partial charge in [-0.2, -0.15) is 5.26 Å². The van der Waals surface area contributed by atoms with Crippen LogP contribution in [-0.2, 0) is 6.42 Å². The average Bonchev–Trinajstić information content (AvgIpc) is 2.20. The van der Waals surface area contributed by atoms with Gasteiger partial charge in [0, 0.05) is 16.6 Å². The Bertz CT molecular complexity index is 527. The number of hydrogen-bond acceptors (Lipinski definition) is 5. The summed E-state index contributed by atoms with van der Waals surface area (Å²) in [7, 11) is 0. The first-order valence-electron chi connectivity index (χ1n) is 4.21. The van der Waals surface area contributed by atoms with Crippen molar-refractivity contribution in [2.45, 2.75) is 12.8 Å². The van der Waals surface area contributed by atoms with Gasteiger partial charge in [0.2, 0.25) is 0 Å². The van der Waals surface area contributed by atoms with Crippen molar-refractivity contribution in [3.05, 3.63) is 26.8 Å². The minimum atomic E-state index is -5.04. The van der Waals surface area contributed by atoms with Gasteiger partial charge >= 0.3 is 18.1 Å². The third-order valence-electron chi connectivity index (χ3n) is 1.65. The van der Waals surface area contributed by atoms with E-state index in [9.17, 15) is 23.3 Å². The lowest BCUT2D eigenvalue weighted by molar-refractivity contribution is -0.389. The minimum absolute atomic E-state index is 0.167. The zero-order chi connectivity index (χ0) is 13.9. The lowest BCUT2D eigenvalue weighted by Crippen LogP contribution is -2.18. The van der Waals surface area contributed by atoms with Crippen molar-refractivity contribution >= 4 is 17.4 Å². The molecule has 0 N–H and O–H groups in total. The molecule has 0 unspecified atom stereocenters. The van der Waals surface area contributed by atoms with E-state index in [0.29, 0.717) is 0 Å². The van der Waals surface area contributed by atoms with Crippen molar-refractivity contribution in [2.24, 2.45) is 0 Å². The van der Waals surface area contributed by atoms with Gasteiger partial charge in [0.05, 0.1) is 12.5 Å². The maximum absolute atomic E-state index is 12.0. The van der Waals surface area contributed by atoms with E-state index < -0.39 is 34.4 Å². The highest BCUT2D eigenvalue weighted by Gasteiger charge is 2.35. The monoisotopic (exact) mass is 281 g/mol. The van der Waals surface area contributed by atoms with Crippen LogP contribution in [-0.4, -0.2) is 16.3 Å². The van der Waals surface area contributed by atoms with E-state index in [4.69, 9.17) is 16.9 Å². The van der Waals surface area contributed by atoms with E-state index in [1.54, 1.807) is 6.07 Å². The first-order chi connectivity index (χ1) is 8.24. The summed E-state index contributed by atoms with van der Waals surface area (Å²) in [6, 6.07) is 2.34. The zero-order valence-corrected chi connectivity index (χ0v) is 9.12. The van der Waals surface area contributed by atoms with Gasteiger partial charge < -0.3 is 14.9 Å². The lowest BCUT2D eigenvalue weighted by atomic mass is 10.2. The number of halogens is 4. The molecule has 0 atom stereocenters. The van der Waals surface area contributed by atoms with Crippen LogP contribution in [0.5, 0.6) is 5.88 Å². The Balaban J connectivity index is 3.30. The highest BCUT2D eigenvalue weighted by Crippen LogP contribution is 2.31. The van der Waals surface area contributed by atoms with Gasteiger partial charge in [-0.05, 0) is 4.92 Å². The Kier molecular flexibility index (Phi) is 3.93. The Morgan fingerprint density at radius 1 is 1.61 bits per heavy atom. The molecule has 0 radical (unpaired) electrons. The smallest absolute Gasteiger partial charge is 0.366 e. The van der Waals surface area contributed by atoms with E-state index >= 15 is 0 Å². The lowest BCUT2D eigenvalue weighted by Gasteiger charge is -2.07. The molecule has 0 fully saturated rings. The SMILES string of the molecule is N#CCc1cc(OC(F)(F)F)nc([N+](=O)[O-])c1Cl. The number of ether oxygens (including phenoxy) is 1. The minimum Gasteiger partial charge on any atom is -0.366 e. The molecular weight excluding hydrogens is 279 g/mol. The van der Waals surface area contributed by atoms with E-state index in [2.05, 4.69) is 9.72 Å². The van der Waals surface area contributed by atoms with Gasteiger partial charge in [0.15, 0.2) is 0 Å². The van der Waals surface area contributed by atoms with Gasteiger partial charge in [-0.25, -0.2) is 0 Å². The number of hydrogen-bond donors (Lipinski definition) is 0. The molecular formula is C8H3ClF3N3O3. The molecule has 0 bridgehead atoms. The average molecular weight is 282 g/mol. The molecule has 0 aliphatic heterocycles. The number of alkyl halides is 3. The number of nitro groups is 1. The Morgan fingerprint density at radius 3 is 2.67 bits per heavy atom. The second-order valence-corrected chi connectivity index (χ2v) is 3.27. The molecule has 1 heterocycles. The fourth-order valence-corrected chi connectivity index (χ4v) is 1.28. The van der Waals surface area contributed by atoms with Crippen LogP contribution in [0, 0.1) is 21.4 Å². The standard InChI is InChI=1S/C8H3ClF3N3O3/c9-6-4(1-2-13)3-5(18-8(10,11)12)14-7(6)15(16)17/h3H,1H2. The van der Waals surface area contributed by atoms with Crippen LogP contribution in [0.3, 0.4) is 0 Å². The number of nitriles is 1. The Labute approximate surface area is 103 Å². The first kappa shape index (κ1) is 14.0. The molecule has 18 heavy (non-hydrogen) atoms. The first-order valence-corrected chi connectivity index (χ1v) is 4.59. The highest BCUT2D eigenvalue weighted by molar-refractivity contribution is 6.33. The van der Waals surface area contributed by atoms with Crippen molar-refractivity contribution in [2.75, 3.05) is 0 Å². The van der Waals surface area contributed by atoms with Crippen LogP contribution in [0.1, 0.15) is 5.56 Å². The molecule has 0 spiro atoms. The molecule has 1 rings (SSSR count). The van der Waals surface area contributed by atoms with Gasteiger partial charge in [-0.1, -0.05) is 11.6 Å². The second kappa shape index (κ2) is 5.05. The molecule has 1 aromatic rings. The molecule has 10 heteroatoms. The van der Waals surface area contributed by atoms with Crippen LogP contribution >= 0.6 is 11.6 Å². The summed E-state index contributed by atoms with van der Waals surface area (Å²) in [5.74, 6) is -2.03. The topological polar surface area (TPSA) is 89.0 Å². The summed E-state index contributed by atoms with van der Waals surface area (Å²) in [5.41, 5.74) is -0.167. The Hall–Kier alpha value is -2.08. The summed E-state index contributed by atoms with van der Waals surface area (Å²) in [4.78, 5) is 12.5. The van der Waals surface area contributed by atoms with Crippen LogP contribution in [0.2, 0.25) is 5.02 Å². The molecule has 0 aromatic carbocycles. The highest BCUT2D eigenvalue weighted by atomic mass is 35.5. The predicted octanol–water partition coefficient (Wildman–Crippen LogP) is 2.61. The quantitative estimate of drug-likeness (QED) is 0.627. The number of nitrogens with zero attached hydrogens (tertiary/aromatic N) is 3. The van der Waals surface area contributed by atoms with Crippen LogP contribution < -0.4 is 4.74 Å². The summed E-state index contributed by atoms with van der Waals surface area (Å²) >= 11 is 5.53.